The van der Waals surface area contributed by atoms with Gasteiger partial charge in [-0.15, -0.1) is 0 Å². The maximum absolute atomic E-state index is 14.3. The first-order chi connectivity index (χ1) is 10.9. The molecule has 1 heterocycles. The molecule has 0 radical (unpaired) electrons. The molecule has 0 fully saturated rings. The second-order valence-corrected chi connectivity index (χ2v) is 6.30. The molecule has 23 heavy (non-hydrogen) atoms. The summed E-state index contributed by atoms with van der Waals surface area (Å²) in [6.45, 7) is 8.34. The minimum absolute atomic E-state index is 0.0624. The fourth-order valence-electron chi connectivity index (χ4n) is 2.55. The van der Waals surface area contributed by atoms with Crippen LogP contribution in [0.2, 0.25) is 0 Å². The van der Waals surface area contributed by atoms with Crippen LogP contribution in [0.5, 0.6) is 5.75 Å². The molecule has 2 aromatic rings. The average Bonchev–Trinajstić information content (AvgIpc) is 2.47. The van der Waals surface area contributed by atoms with Crippen LogP contribution in [0.3, 0.4) is 0 Å². The molecule has 0 aliphatic carbocycles. The van der Waals surface area contributed by atoms with Crippen LogP contribution in [0.25, 0.3) is 11.3 Å². The van der Waals surface area contributed by atoms with E-state index >= 15 is 0 Å². The summed E-state index contributed by atoms with van der Waals surface area (Å²) in [5.41, 5.74) is 0.462. The van der Waals surface area contributed by atoms with Gasteiger partial charge in [0.05, 0.1) is 12.3 Å². The van der Waals surface area contributed by atoms with Crippen molar-refractivity contribution in [2.45, 2.75) is 34.1 Å². The normalized spacial score (nSPS) is 12.5. The van der Waals surface area contributed by atoms with Crippen molar-refractivity contribution in [2.75, 3.05) is 6.61 Å². The first kappa shape index (κ1) is 17.3. The number of aryl methyl sites for hydroxylation is 1. The van der Waals surface area contributed by atoms with Gasteiger partial charge >= 0.3 is 0 Å². The summed E-state index contributed by atoms with van der Waals surface area (Å²) in [7, 11) is 0. The predicted molar refractivity (Wildman–Crippen MR) is 86.2 cm³/mol. The molecule has 0 saturated heterocycles. The monoisotopic (exact) mass is 320 g/mol. The Kier molecular flexibility index (Phi) is 5.64. The van der Waals surface area contributed by atoms with Gasteiger partial charge in [-0.3, -0.25) is 0 Å². The molecule has 3 nitrogen and oxygen atoms in total. The van der Waals surface area contributed by atoms with Gasteiger partial charge in [0.15, 0.2) is 11.6 Å². The number of ether oxygens (including phenoxy) is 1. The van der Waals surface area contributed by atoms with E-state index in [1.807, 2.05) is 6.92 Å². The zero-order chi connectivity index (χ0) is 17.0. The zero-order valence-electron chi connectivity index (χ0n) is 13.9. The third-order valence-electron chi connectivity index (χ3n) is 3.47. The van der Waals surface area contributed by atoms with Crippen molar-refractivity contribution >= 4 is 0 Å². The number of halogens is 2. The van der Waals surface area contributed by atoms with E-state index in [9.17, 15) is 8.78 Å². The van der Waals surface area contributed by atoms with Gasteiger partial charge in [-0.1, -0.05) is 20.8 Å². The van der Waals surface area contributed by atoms with E-state index in [2.05, 4.69) is 23.8 Å². The van der Waals surface area contributed by atoms with Crippen molar-refractivity contribution in [3.05, 3.63) is 41.9 Å². The van der Waals surface area contributed by atoms with E-state index in [0.717, 1.165) is 18.6 Å². The molecule has 2 rings (SSSR count). The minimum atomic E-state index is -0.589. The molecule has 124 valence electrons. The Morgan fingerprint density at radius 1 is 1.13 bits per heavy atom. The van der Waals surface area contributed by atoms with Crippen LogP contribution < -0.4 is 4.74 Å². The number of rotatable bonds is 6. The average molecular weight is 320 g/mol. The number of hydrogen-bond donors (Lipinski definition) is 0. The second-order valence-electron chi connectivity index (χ2n) is 6.30. The van der Waals surface area contributed by atoms with Gasteiger partial charge in [0, 0.05) is 17.8 Å². The molecule has 0 amide bonds. The fraction of sp³-hybridized carbons (Fsp3) is 0.444. The van der Waals surface area contributed by atoms with E-state index in [-0.39, 0.29) is 17.2 Å². The Hall–Kier alpha value is -2.04. The summed E-state index contributed by atoms with van der Waals surface area (Å²) < 4.78 is 33.9. The van der Waals surface area contributed by atoms with Crippen molar-refractivity contribution in [3.63, 3.8) is 0 Å². The van der Waals surface area contributed by atoms with E-state index in [4.69, 9.17) is 4.74 Å². The first-order valence-corrected chi connectivity index (χ1v) is 7.78. The van der Waals surface area contributed by atoms with Gasteiger partial charge in [-0.25, -0.2) is 18.7 Å². The van der Waals surface area contributed by atoms with E-state index in [0.29, 0.717) is 24.0 Å². The lowest BCUT2D eigenvalue weighted by Gasteiger charge is -2.16. The molecular formula is C18H22F2N2O. The van der Waals surface area contributed by atoms with E-state index in [1.54, 1.807) is 13.0 Å². The van der Waals surface area contributed by atoms with Crippen LogP contribution in [-0.4, -0.2) is 16.6 Å². The maximum Gasteiger partial charge on any atom is 0.165 e. The molecule has 1 aromatic heterocycles. The first-order valence-electron chi connectivity index (χ1n) is 7.78. The molecule has 1 unspecified atom stereocenters. The molecule has 1 aromatic carbocycles. The Bertz CT molecular complexity index is 674. The summed E-state index contributed by atoms with van der Waals surface area (Å²) in [6.07, 6.45) is 2.50. The van der Waals surface area contributed by atoms with Gasteiger partial charge in [-0.05, 0) is 37.3 Å². The summed E-state index contributed by atoms with van der Waals surface area (Å²) >= 11 is 0. The lowest BCUT2D eigenvalue weighted by atomic mass is 10.00. The van der Waals surface area contributed by atoms with Crippen LogP contribution in [0, 0.1) is 30.4 Å². The summed E-state index contributed by atoms with van der Waals surface area (Å²) in [4.78, 5) is 8.08. The van der Waals surface area contributed by atoms with Crippen LogP contribution >= 0.6 is 0 Å². The van der Waals surface area contributed by atoms with Crippen molar-refractivity contribution in [2.24, 2.45) is 11.8 Å². The Balaban J connectivity index is 2.17. The molecule has 0 spiro atoms. The van der Waals surface area contributed by atoms with Crippen LogP contribution in [-0.2, 0) is 0 Å². The number of hydrogen-bond acceptors (Lipinski definition) is 3. The lowest BCUT2D eigenvalue weighted by Crippen LogP contribution is -2.12. The lowest BCUT2D eigenvalue weighted by molar-refractivity contribution is 0.229. The van der Waals surface area contributed by atoms with Gasteiger partial charge in [0.1, 0.15) is 11.6 Å². The second kappa shape index (κ2) is 7.49. The largest absolute Gasteiger partial charge is 0.490 e. The predicted octanol–water partition coefficient (Wildman–Crippen LogP) is 4.79. The highest BCUT2D eigenvalue weighted by atomic mass is 19.1. The Labute approximate surface area is 135 Å². The number of nitrogens with zero attached hydrogens (tertiary/aromatic N) is 2. The molecule has 0 saturated carbocycles. The Morgan fingerprint density at radius 2 is 1.87 bits per heavy atom. The van der Waals surface area contributed by atoms with E-state index in [1.165, 1.54) is 6.20 Å². The zero-order valence-corrected chi connectivity index (χ0v) is 13.9. The van der Waals surface area contributed by atoms with Crippen molar-refractivity contribution in [3.8, 4) is 17.0 Å². The Morgan fingerprint density at radius 3 is 2.52 bits per heavy atom. The third-order valence-corrected chi connectivity index (χ3v) is 3.47. The fourth-order valence-corrected chi connectivity index (χ4v) is 2.55. The van der Waals surface area contributed by atoms with E-state index < -0.39 is 11.6 Å². The summed E-state index contributed by atoms with van der Waals surface area (Å²) in [5, 5.41) is 0. The van der Waals surface area contributed by atoms with Crippen molar-refractivity contribution in [1.29, 1.82) is 0 Å². The van der Waals surface area contributed by atoms with Crippen molar-refractivity contribution < 1.29 is 13.5 Å². The molecular weight excluding hydrogens is 298 g/mol. The third kappa shape index (κ3) is 4.71. The summed E-state index contributed by atoms with van der Waals surface area (Å²) in [5.74, 6) is 0.114. The molecule has 0 N–H and O–H groups in total. The molecule has 0 aliphatic rings. The highest BCUT2D eigenvalue weighted by Crippen LogP contribution is 2.28. The molecule has 5 heteroatoms. The van der Waals surface area contributed by atoms with Crippen molar-refractivity contribution in [1.82, 2.24) is 9.97 Å². The SMILES string of the molecule is Cc1nccc(-c2cc(F)c(OCC(C)CC(C)C)cc2F)n1. The topological polar surface area (TPSA) is 35.0 Å². The van der Waals surface area contributed by atoms with Crippen LogP contribution in [0.1, 0.15) is 33.0 Å². The van der Waals surface area contributed by atoms with Gasteiger partial charge in [0.25, 0.3) is 0 Å². The quantitative estimate of drug-likeness (QED) is 0.767. The van der Waals surface area contributed by atoms with Crippen LogP contribution in [0.4, 0.5) is 8.78 Å². The highest BCUT2D eigenvalue weighted by Gasteiger charge is 2.15. The highest BCUT2D eigenvalue weighted by molar-refractivity contribution is 5.61. The van der Waals surface area contributed by atoms with Gasteiger partial charge in [-0.2, -0.15) is 0 Å². The van der Waals surface area contributed by atoms with Gasteiger partial charge < -0.3 is 4.74 Å². The molecule has 0 aliphatic heterocycles. The molecule has 0 bridgehead atoms. The number of aromatic nitrogens is 2. The minimum Gasteiger partial charge on any atom is -0.490 e. The number of benzene rings is 1. The standard InChI is InChI=1S/C18H22F2N2O/c1-11(2)7-12(3)10-23-18-9-15(19)14(8-16(18)20)17-5-6-21-13(4)22-17/h5-6,8-9,11-12H,7,10H2,1-4H3. The smallest absolute Gasteiger partial charge is 0.165 e. The van der Waals surface area contributed by atoms with Gasteiger partial charge in [0.2, 0.25) is 0 Å². The molecule has 1 atom stereocenters. The summed E-state index contributed by atoms with van der Waals surface area (Å²) in [6, 6.07) is 3.76. The maximum atomic E-state index is 14.3. The van der Waals surface area contributed by atoms with Crippen LogP contribution in [0.15, 0.2) is 24.4 Å².